The first kappa shape index (κ1) is 30.6. The van der Waals surface area contributed by atoms with Gasteiger partial charge in [-0.3, -0.25) is 0 Å². The molecule has 1 aromatic heterocycles. The summed E-state index contributed by atoms with van der Waals surface area (Å²) < 4.78 is 27.3. The molecule has 1 unspecified atom stereocenters. The summed E-state index contributed by atoms with van der Waals surface area (Å²) in [4.78, 5) is 37.7. The third kappa shape index (κ3) is 6.95. The molecule has 4 rings (SSSR count). The second-order valence-electron chi connectivity index (χ2n) is 9.43. The molecule has 1 atom stereocenters. The molecule has 2 amide bonds. The van der Waals surface area contributed by atoms with E-state index in [4.69, 9.17) is 23.7 Å². The van der Waals surface area contributed by atoms with Gasteiger partial charge in [-0.15, -0.1) is 0 Å². The summed E-state index contributed by atoms with van der Waals surface area (Å²) in [6, 6.07) is 26.2. The van der Waals surface area contributed by atoms with Gasteiger partial charge in [0.15, 0.2) is 0 Å². The van der Waals surface area contributed by atoms with E-state index in [0.717, 1.165) is 5.56 Å². The summed E-state index contributed by atoms with van der Waals surface area (Å²) in [6.07, 6.45) is -1.50. The number of carbonyl (C=O) groups excluding carboxylic acids is 2. The maximum Gasteiger partial charge on any atom is 0.350 e. The fraction of sp³-hybridized carbons (Fsp3) is 0.250. The Morgan fingerprint density at radius 1 is 0.791 bits per heavy atom. The average Bonchev–Trinajstić information content (AvgIpc) is 3.06. The highest BCUT2D eigenvalue weighted by atomic mass is 16.6. The van der Waals surface area contributed by atoms with Gasteiger partial charge in [-0.2, -0.15) is 9.97 Å². The minimum absolute atomic E-state index is 0.152. The van der Waals surface area contributed by atoms with Crippen molar-refractivity contribution < 1.29 is 33.3 Å². The maximum absolute atomic E-state index is 14.0. The number of esters is 1. The highest BCUT2D eigenvalue weighted by Gasteiger charge is 2.51. The molecule has 0 aliphatic carbocycles. The number of hydrogen-bond acceptors (Lipinski definition) is 9. The summed E-state index contributed by atoms with van der Waals surface area (Å²) in [5.41, 5.74) is 0.372. The lowest BCUT2D eigenvalue weighted by atomic mass is 9.77. The Balaban J connectivity index is 1.85. The van der Waals surface area contributed by atoms with Crippen molar-refractivity contribution >= 4 is 12.0 Å². The minimum atomic E-state index is -1.61. The summed E-state index contributed by atoms with van der Waals surface area (Å²) in [7, 11) is 7.35. The summed E-state index contributed by atoms with van der Waals surface area (Å²) in [5, 5.41) is 3.12. The second kappa shape index (κ2) is 14.0. The maximum atomic E-state index is 14.0. The summed E-state index contributed by atoms with van der Waals surface area (Å²) >= 11 is 0. The van der Waals surface area contributed by atoms with Crippen LogP contribution in [-0.2, 0) is 21.6 Å². The molecule has 0 bridgehead atoms. The molecule has 0 aliphatic rings. The zero-order valence-corrected chi connectivity index (χ0v) is 24.6. The molecule has 43 heavy (non-hydrogen) atoms. The van der Waals surface area contributed by atoms with Crippen molar-refractivity contribution in [1.82, 2.24) is 20.2 Å². The van der Waals surface area contributed by atoms with Crippen molar-refractivity contribution in [2.45, 2.75) is 18.2 Å². The molecule has 11 nitrogen and oxygen atoms in total. The van der Waals surface area contributed by atoms with Crippen LogP contribution in [0.1, 0.15) is 16.7 Å². The smallest absolute Gasteiger partial charge is 0.350 e. The minimum Gasteiger partial charge on any atom is -0.497 e. The van der Waals surface area contributed by atoms with Crippen LogP contribution in [0, 0.1) is 0 Å². The molecule has 0 saturated heterocycles. The number of carbonyl (C=O) groups is 2. The van der Waals surface area contributed by atoms with Gasteiger partial charge in [0.1, 0.15) is 11.3 Å². The number of hydrogen-bond donors (Lipinski definition) is 1. The van der Waals surface area contributed by atoms with Crippen LogP contribution in [0.5, 0.6) is 23.5 Å². The van der Waals surface area contributed by atoms with E-state index >= 15 is 0 Å². The average molecular weight is 587 g/mol. The van der Waals surface area contributed by atoms with Crippen molar-refractivity contribution in [2.75, 3.05) is 35.5 Å². The molecule has 11 heteroatoms. The number of rotatable bonds is 12. The lowest BCUT2D eigenvalue weighted by molar-refractivity contribution is -0.152. The number of amides is 2. The lowest BCUT2D eigenvalue weighted by Crippen LogP contribution is -2.61. The summed E-state index contributed by atoms with van der Waals surface area (Å²) in [6.45, 7) is 0.273. The van der Waals surface area contributed by atoms with Crippen LogP contribution in [-0.4, -0.2) is 68.5 Å². The number of nitrogens with one attached hydrogen (secondary N) is 1. The van der Waals surface area contributed by atoms with Gasteiger partial charge in [0, 0.05) is 13.6 Å². The molecule has 224 valence electrons. The van der Waals surface area contributed by atoms with Gasteiger partial charge >= 0.3 is 18.0 Å². The molecule has 3 aromatic carbocycles. The first-order valence-electron chi connectivity index (χ1n) is 13.3. The van der Waals surface area contributed by atoms with Gasteiger partial charge in [-0.1, -0.05) is 72.8 Å². The molecule has 0 saturated carbocycles. The first-order valence-corrected chi connectivity index (χ1v) is 13.3. The first-order chi connectivity index (χ1) is 20.8. The fourth-order valence-corrected chi connectivity index (χ4v) is 4.59. The van der Waals surface area contributed by atoms with Gasteiger partial charge in [-0.05, 0) is 28.8 Å². The zero-order chi connectivity index (χ0) is 30.8. The number of aromatic nitrogens is 2. The number of benzene rings is 3. The van der Waals surface area contributed by atoms with Gasteiger partial charge in [0.05, 0.1) is 34.5 Å². The van der Waals surface area contributed by atoms with Crippen LogP contribution in [0.15, 0.2) is 91.0 Å². The molecular formula is C32H34N4O7. The third-order valence-corrected chi connectivity index (χ3v) is 6.80. The quantitative estimate of drug-likeness (QED) is 0.243. The standard InChI is InChI=1S/C32H34N4O7/c1-36(21-22-16-18-25(39-2)19-17-22)31(38)35-32(23-12-8-6-9-13-23,24-14-10-7-11-15-24)28(29(37)42-5)43-30-33-26(40-3)20-27(34-30)41-4/h6-20,28H,21H2,1-5H3,(H,35,38). The molecule has 1 heterocycles. The Labute approximate surface area is 250 Å². The van der Waals surface area contributed by atoms with Crippen LogP contribution in [0.2, 0.25) is 0 Å². The van der Waals surface area contributed by atoms with Crippen LogP contribution >= 0.6 is 0 Å². The SMILES string of the molecule is COC(=O)C(Oc1nc(OC)cc(OC)n1)C(NC(=O)N(C)Cc1ccc(OC)cc1)(c1ccccc1)c1ccccc1. The Kier molecular flexibility index (Phi) is 10.00. The van der Waals surface area contributed by atoms with Crippen LogP contribution in [0.4, 0.5) is 4.79 Å². The topological polar surface area (TPSA) is 121 Å². The van der Waals surface area contributed by atoms with Gasteiger partial charge in [0.2, 0.25) is 17.9 Å². The fourth-order valence-electron chi connectivity index (χ4n) is 4.59. The Hall–Kier alpha value is -5.32. The zero-order valence-electron chi connectivity index (χ0n) is 24.6. The molecule has 0 radical (unpaired) electrons. The van der Waals surface area contributed by atoms with E-state index in [9.17, 15) is 9.59 Å². The van der Waals surface area contributed by atoms with E-state index < -0.39 is 23.6 Å². The van der Waals surface area contributed by atoms with Crippen molar-refractivity contribution in [2.24, 2.45) is 0 Å². The highest BCUT2D eigenvalue weighted by Crippen LogP contribution is 2.37. The predicted molar refractivity (Wildman–Crippen MR) is 158 cm³/mol. The third-order valence-electron chi connectivity index (χ3n) is 6.80. The number of ether oxygens (including phenoxy) is 5. The van der Waals surface area contributed by atoms with E-state index in [1.165, 1.54) is 32.3 Å². The van der Waals surface area contributed by atoms with E-state index in [1.807, 2.05) is 36.4 Å². The number of methoxy groups -OCH3 is 4. The van der Waals surface area contributed by atoms with Crippen molar-refractivity contribution in [3.8, 4) is 23.5 Å². The van der Waals surface area contributed by atoms with Gasteiger partial charge in [-0.25, -0.2) is 9.59 Å². The van der Waals surface area contributed by atoms with E-state index in [0.29, 0.717) is 16.9 Å². The molecule has 0 aliphatic heterocycles. The Bertz CT molecular complexity index is 1440. The molecular weight excluding hydrogens is 552 g/mol. The highest BCUT2D eigenvalue weighted by molar-refractivity contribution is 5.83. The lowest BCUT2D eigenvalue weighted by Gasteiger charge is -2.41. The predicted octanol–water partition coefficient (Wildman–Crippen LogP) is 4.21. The van der Waals surface area contributed by atoms with E-state index in [-0.39, 0.29) is 24.3 Å². The molecule has 4 aromatic rings. The van der Waals surface area contributed by atoms with E-state index in [1.54, 1.807) is 62.7 Å². The number of nitrogens with zero attached hydrogens (tertiary/aromatic N) is 3. The van der Waals surface area contributed by atoms with Gasteiger partial charge < -0.3 is 33.9 Å². The van der Waals surface area contributed by atoms with Gasteiger partial charge in [0.25, 0.3) is 0 Å². The van der Waals surface area contributed by atoms with Crippen LogP contribution < -0.4 is 24.3 Å². The monoisotopic (exact) mass is 586 g/mol. The summed E-state index contributed by atoms with van der Waals surface area (Å²) in [5.74, 6) is 0.228. The Morgan fingerprint density at radius 3 is 1.79 bits per heavy atom. The van der Waals surface area contributed by atoms with E-state index in [2.05, 4.69) is 15.3 Å². The number of urea groups is 1. The molecule has 1 N–H and O–H groups in total. The van der Waals surface area contributed by atoms with Crippen LogP contribution in [0.25, 0.3) is 0 Å². The van der Waals surface area contributed by atoms with Crippen LogP contribution in [0.3, 0.4) is 0 Å². The van der Waals surface area contributed by atoms with Crippen molar-refractivity contribution in [3.63, 3.8) is 0 Å². The normalized spacial score (nSPS) is 11.6. The molecule has 0 fully saturated rings. The Morgan fingerprint density at radius 2 is 1.33 bits per heavy atom. The molecule has 0 spiro atoms. The second-order valence-corrected chi connectivity index (χ2v) is 9.43. The van der Waals surface area contributed by atoms with Crippen molar-refractivity contribution in [3.05, 3.63) is 108 Å². The largest absolute Gasteiger partial charge is 0.497 e. The van der Waals surface area contributed by atoms with Crippen molar-refractivity contribution in [1.29, 1.82) is 0 Å².